The van der Waals surface area contributed by atoms with Gasteiger partial charge in [0.05, 0.1) is 0 Å². The van der Waals surface area contributed by atoms with Gasteiger partial charge in [0.25, 0.3) is 17.4 Å². The van der Waals surface area contributed by atoms with E-state index >= 15 is 0 Å². The van der Waals surface area contributed by atoms with Gasteiger partial charge >= 0.3 is 0 Å². The number of hydrogen-bond acceptors (Lipinski definition) is 6. The number of aromatic nitrogens is 3. The number of rotatable bonds is 4. The molecule has 1 aliphatic carbocycles. The van der Waals surface area contributed by atoms with Crippen LogP contribution in [0.2, 0.25) is 0 Å². The fourth-order valence-electron chi connectivity index (χ4n) is 5.74. The molecule has 3 atom stereocenters. The zero-order chi connectivity index (χ0) is 21.5. The molecule has 1 saturated carbocycles. The fourth-order valence-corrected chi connectivity index (χ4v) is 5.74. The lowest BCUT2D eigenvalue weighted by Crippen LogP contribution is -2.49. The van der Waals surface area contributed by atoms with Gasteiger partial charge in [-0.1, -0.05) is 19.3 Å². The Labute approximate surface area is 182 Å². The van der Waals surface area contributed by atoms with E-state index in [1.54, 1.807) is 13.0 Å². The van der Waals surface area contributed by atoms with Crippen LogP contribution in [0.3, 0.4) is 0 Å². The predicted octanol–water partition coefficient (Wildman–Crippen LogP) is 2.86. The summed E-state index contributed by atoms with van der Waals surface area (Å²) in [6.45, 7) is 6.02. The molecular weight excluding hydrogens is 394 g/mol. The van der Waals surface area contributed by atoms with E-state index in [4.69, 9.17) is 4.52 Å². The molecule has 1 saturated heterocycles. The number of anilines is 1. The summed E-state index contributed by atoms with van der Waals surface area (Å²) in [6, 6.07) is 3.78. The summed E-state index contributed by atoms with van der Waals surface area (Å²) in [5, 5.41) is 7.17. The van der Waals surface area contributed by atoms with E-state index in [1.165, 1.54) is 19.3 Å². The number of carbonyl (C=O) groups excluding carboxylic acids is 1. The minimum atomic E-state index is -0.238. The first-order chi connectivity index (χ1) is 15.0. The monoisotopic (exact) mass is 425 g/mol. The molecule has 2 fully saturated rings. The fraction of sp³-hybridized carbons (Fsp3) is 0.652. The molecule has 1 amide bonds. The highest BCUT2D eigenvalue weighted by molar-refractivity contribution is 5.94. The maximum absolute atomic E-state index is 13.2. The lowest BCUT2D eigenvalue weighted by molar-refractivity contribution is 0.0916. The topological polar surface area (TPSA) is 93.3 Å². The number of pyridine rings is 1. The van der Waals surface area contributed by atoms with Gasteiger partial charge in [-0.3, -0.25) is 9.59 Å². The summed E-state index contributed by atoms with van der Waals surface area (Å²) in [5.41, 5.74) is 1.10. The molecule has 2 bridgehead atoms. The van der Waals surface area contributed by atoms with Crippen molar-refractivity contribution in [2.24, 2.45) is 11.8 Å². The smallest absolute Gasteiger partial charge is 0.266 e. The lowest BCUT2D eigenvalue weighted by atomic mass is 9.83. The lowest BCUT2D eigenvalue weighted by Gasteiger charge is -2.42. The largest absolute Gasteiger partial charge is 0.349 e. The van der Waals surface area contributed by atoms with E-state index in [2.05, 4.69) is 27.3 Å². The Morgan fingerprint density at radius 2 is 2.00 bits per heavy atom. The van der Waals surface area contributed by atoms with Crippen LogP contribution in [-0.4, -0.2) is 39.7 Å². The zero-order valence-electron chi connectivity index (χ0n) is 18.3. The molecule has 166 valence electrons. The first kappa shape index (κ1) is 20.3. The van der Waals surface area contributed by atoms with Gasteiger partial charge in [-0.25, -0.2) is 0 Å². The van der Waals surface area contributed by atoms with Crippen LogP contribution in [-0.2, 0) is 6.54 Å². The van der Waals surface area contributed by atoms with E-state index in [1.807, 2.05) is 10.6 Å². The number of piperidine rings is 1. The molecule has 3 aliphatic rings. The van der Waals surface area contributed by atoms with Crippen LogP contribution in [0.25, 0.3) is 0 Å². The molecule has 31 heavy (non-hydrogen) atoms. The maximum Gasteiger partial charge on any atom is 0.266 e. The highest BCUT2D eigenvalue weighted by Crippen LogP contribution is 2.36. The second-order valence-electron chi connectivity index (χ2n) is 9.56. The molecule has 8 nitrogen and oxygen atoms in total. The molecule has 5 rings (SSSR count). The number of nitrogens with zero attached hydrogens (tertiary/aromatic N) is 4. The summed E-state index contributed by atoms with van der Waals surface area (Å²) in [5.74, 6) is 1.99. The Hall–Kier alpha value is -2.64. The summed E-state index contributed by atoms with van der Waals surface area (Å²) < 4.78 is 6.97. The van der Waals surface area contributed by atoms with Gasteiger partial charge in [-0.15, -0.1) is 0 Å². The van der Waals surface area contributed by atoms with Gasteiger partial charge < -0.3 is 19.3 Å². The second kappa shape index (κ2) is 8.13. The zero-order valence-corrected chi connectivity index (χ0v) is 18.3. The van der Waals surface area contributed by atoms with Crippen molar-refractivity contribution in [3.05, 3.63) is 39.6 Å². The van der Waals surface area contributed by atoms with Crippen molar-refractivity contribution in [3.63, 3.8) is 0 Å². The molecule has 0 aromatic carbocycles. The first-order valence-electron chi connectivity index (χ1n) is 11.6. The summed E-state index contributed by atoms with van der Waals surface area (Å²) in [4.78, 5) is 32.7. The van der Waals surface area contributed by atoms with Crippen molar-refractivity contribution in [2.45, 2.75) is 70.9 Å². The Kier molecular flexibility index (Phi) is 5.32. The molecule has 8 heteroatoms. The van der Waals surface area contributed by atoms with Crippen LogP contribution < -0.4 is 15.8 Å². The molecule has 2 aromatic rings. The summed E-state index contributed by atoms with van der Waals surface area (Å²) in [7, 11) is 0. The normalized spacial score (nSPS) is 24.5. The minimum Gasteiger partial charge on any atom is -0.349 e. The van der Waals surface area contributed by atoms with Gasteiger partial charge in [0.1, 0.15) is 5.56 Å². The van der Waals surface area contributed by atoms with E-state index in [0.29, 0.717) is 30.2 Å². The van der Waals surface area contributed by atoms with Crippen LogP contribution >= 0.6 is 0 Å². The van der Waals surface area contributed by atoms with Gasteiger partial charge in [0, 0.05) is 44.2 Å². The Balaban J connectivity index is 1.34. The SMILES string of the molecule is Cc1nc(N2C[C@@H]3C[C@H](C2)c2ccc(C(=O)N[C@@H](C)C4CCCCC4)c(=O)n2C3)no1. The van der Waals surface area contributed by atoms with E-state index in [0.717, 1.165) is 38.0 Å². The molecular formula is C23H31N5O3. The number of aryl methyl sites for hydroxylation is 1. The Morgan fingerprint density at radius 3 is 2.74 bits per heavy atom. The van der Waals surface area contributed by atoms with Crippen molar-refractivity contribution in [1.29, 1.82) is 0 Å². The van der Waals surface area contributed by atoms with Crippen molar-refractivity contribution in [1.82, 2.24) is 20.0 Å². The molecule has 4 heterocycles. The maximum atomic E-state index is 13.2. The third-order valence-electron chi connectivity index (χ3n) is 7.36. The summed E-state index contributed by atoms with van der Waals surface area (Å²) in [6.07, 6.45) is 7.10. The molecule has 0 radical (unpaired) electrons. The molecule has 1 N–H and O–H groups in total. The average Bonchev–Trinajstić information content (AvgIpc) is 3.21. The standard InChI is InChI=1S/C23H31N5O3/c1-14(17-6-4-3-5-7-17)24-21(29)19-8-9-20-18-10-16(12-28(20)22(19)30)11-27(13-18)23-25-15(2)31-26-23/h8-9,14,16-18H,3-7,10-13H2,1-2H3,(H,24,29)/t14-,16-,18+/m0/s1. The van der Waals surface area contributed by atoms with Crippen molar-refractivity contribution < 1.29 is 9.32 Å². The quantitative estimate of drug-likeness (QED) is 0.810. The second-order valence-corrected chi connectivity index (χ2v) is 9.56. The van der Waals surface area contributed by atoms with Crippen molar-refractivity contribution >= 4 is 11.9 Å². The van der Waals surface area contributed by atoms with E-state index in [-0.39, 0.29) is 29.0 Å². The van der Waals surface area contributed by atoms with E-state index in [9.17, 15) is 9.59 Å². The highest BCUT2D eigenvalue weighted by atomic mass is 16.5. The number of hydrogen-bond donors (Lipinski definition) is 1. The average molecular weight is 426 g/mol. The number of fused-ring (bicyclic) bond motifs is 4. The Bertz CT molecular complexity index is 1020. The number of carbonyl (C=O) groups is 1. The predicted molar refractivity (Wildman–Crippen MR) is 116 cm³/mol. The van der Waals surface area contributed by atoms with Crippen LogP contribution in [0, 0.1) is 18.8 Å². The van der Waals surface area contributed by atoms with Gasteiger partial charge in [0.15, 0.2) is 0 Å². The van der Waals surface area contributed by atoms with Crippen LogP contribution in [0.5, 0.6) is 0 Å². The molecule has 0 unspecified atom stereocenters. The minimum absolute atomic E-state index is 0.0968. The van der Waals surface area contributed by atoms with Gasteiger partial charge in [0.2, 0.25) is 5.89 Å². The van der Waals surface area contributed by atoms with Gasteiger partial charge in [-0.2, -0.15) is 4.98 Å². The van der Waals surface area contributed by atoms with Crippen molar-refractivity contribution in [2.75, 3.05) is 18.0 Å². The Morgan fingerprint density at radius 1 is 1.19 bits per heavy atom. The molecule has 0 spiro atoms. The highest BCUT2D eigenvalue weighted by Gasteiger charge is 2.37. The third-order valence-corrected chi connectivity index (χ3v) is 7.36. The van der Waals surface area contributed by atoms with Gasteiger partial charge in [-0.05, 0) is 55.3 Å². The number of amides is 1. The van der Waals surface area contributed by atoms with E-state index < -0.39 is 0 Å². The summed E-state index contributed by atoms with van der Waals surface area (Å²) >= 11 is 0. The van der Waals surface area contributed by atoms with Crippen LogP contribution in [0.1, 0.15) is 73.3 Å². The number of nitrogens with one attached hydrogen (secondary N) is 1. The third kappa shape index (κ3) is 3.88. The molecule has 2 aliphatic heterocycles. The van der Waals surface area contributed by atoms with Crippen LogP contribution in [0.15, 0.2) is 21.5 Å². The van der Waals surface area contributed by atoms with Crippen LogP contribution in [0.4, 0.5) is 5.95 Å². The first-order valence-corrected chi connectivity index (χ1v) is 11.6. The molecule has 2 aromatic heterocycles. The van der Waals surface area contributed by atoms with Crippen molar-refractivity contribution in [3.8, 4) is 0 Å².